The van der Waals surface area contributed by atoms with Crippen LogP contribution in [0, 0.1) is 0 Å². The molecule has 0 atom stereocenters. The van der Waals surface area contributed by atoms with Gasteiger partial charge in [-0.2, -0.15) is 0 Å². The fourth-order valence-electron chi connectivity index (χ4n) is 0. The van der Waals surface area contributed by atoms with Gasteiger partial charge < -0.3 is 31.2 Å². The van der Waals surface area contributed by atoms with E-state index in [4.69, 9.17) is 14.7 Å². The van der Waals surface area contributed by atoms with Crippen LogP contribution in [0.5, 0.6) is 0 Å². The van der Waals surface area contributed by atoms with Gasteiger partial charge in [-0.05, 0) is 27.9 Å². The number of carbonyl (C=O) groups is 2. The Labute approximate surface area is 92.6 Å². The van der Waals surface area contributed by atoms with Crippen LogP contribution < -0.4 is 16.8 Å². The summed E-state index contributed by atoms with van der Waals surface area (Å²) in [6.45, 7) is 7.18. The molecule has 0 aliphatic rings. The largest absolute Gasteiger partial charge is 0.381 e. The van der Waals surface area contributed by atoms with Crippen molar-refractivity contribution in [2.24, 2.45) is 16.5 Å². The summed E-state index contributed by atoms with van der Waals surface area (Å²) >= 11 is 0. The van der Waals surface area contributed by atoms with Crippen molar-refractivity contribution < 1.29 is 14.7 Å². The van der Waals surface area contributed by atoms with Crippen molar-refractivity contribution in [1.29, 1.82) is 0 Å². The van der Waals surface area contributed by atoms with Gasteiger partial charge in [-0.15, -0.1) is 0 Å². The maximum absolute atomic E-state index is 8.00. The molecular weight excluding hydrogens is 200 g/mol. The first-order valence-corrected chi connectivity index (χ1v) is 3.67. The summed E-state index contributed by atoms with van der Waals surface area (Å²) in [5.41, 5.74) is 9.00. The molecule has 0 radical (unpaired) electrons. The van der Waals surface area contributed by atoms with E-state index >= 15 is 0 Å². The van der Waals surface area contributed by atoms with E-state index in [2.05, 4.69) is 28.5 Å². The van der Waals surface area contributed by atoms with Gasteiger partial charge in [0.2, 0.25) is 0 Å². The molecule has 0 heterocycles. The first kappa shape index (κ1) is 37.1. The van der Waals surface area contributed by atoms with Crippen molar-refractivity contribution in [3.63, 3.8) is 0 Å². The van der Waals surface area contributed by atoms with Crippen molar-refractivity contribution in [3.8, 4) is 0 Å². The van der Waals surface area contributed by atoms with Crippen LogP contribution in [-0.4, -0.2) is 60.3 Å². The summed E-state index contributed by atoms with van der Waals surface area (Å²) < 4.78 is 0. The molecule has 0 bridgehead atoms. The summed E-state index contributed by atoms with van der Waals surface area (Å²) in [6.07, 6.45) is 0. The molecule has 96 valence electrons. The molecule has 0 spiro atoms. The molecule has 0 rings (SSSR count). The Hall–Kier alpha value is -1.15. The van der Waals surface area contributed by atoms with E-state index in [9.17, 15) is 0 Å². The lowest BCUT2D eigenvalue weighted by Crippen LogP contribution is -2.04. The predicted molar refractivity (Wildman–Crippen MR) is 66.1 cm³/mol. The molecular formula is C8H26N4O3. The minimum Gasteiger partial charge on any atom is -0.381 e. The molecule has 0 amide bonds. The summed E-state index contributed by atoms with van der Waals surface area (Å²) in [7, 11) is 6.32. The van der Waals surface area contributed by atoms with Crippen LogP contribution in [0.4, 0.5) is 0 Å². The lowest BCUT2D eigenvalue weighted by atomic mass is 11.2. The molecule has 0 aromatic heterocycles. The third-order valence-corrected chi connectivity index (χ3v) is 0.158. The fraction of sp³-hybridized carbons (Fsp3) is 0.625. The minimum absolute atomic E-state index is 0.0694. The maximum Gasteiger partial charge on any atom is 0.106 e. The zero-order chi connectivity index (χ0) is 14.1. The zero-order valence-corrected chi connectivity index (χ0v) is 10.2. The van der Waals surface area contributed by atoms with Gasteiger partial charge in [0, 0.05) is 7.05 Å². The highest BCUT2D eigenvalue weighted by molar-refractivity contribution is 5.22. The second-order valence-electron chi connectivity index (χ2n) is 0.828. The third kappa shape index (κ3) is 67200. The highest BCUT2D eigenvalue weighted by Crippen LogP contribution is 1.24. The predicted octanol–water partition coefficient (Wildman–Crippen LogP) is -1.75. The SMILES string of the molecule is C=NC.C=O.C=O.CN.CN.CNCO. The topological polar surface area (TPSA) is 131 Å². The molecule has 0 aliphatic carbocycles. The summed E-state index contributed by atoms with van der Waals surface area (Å²) in [5, 5.41) is 10.2. The van der Waals surface area contributed by atoms with Gasteiger partial charge >= 0.3 is 0 Å². The number of hydrogen-bond acceptors (Lipinski definition) is 7. The van der Waals surface area contributed by atoms with Crippen molar-refractivity contribution in [3.05, 3.63) is 0 Å². The number of nitrogens with two attached hydrogens (primary N) is 2. The van der Waals surface area contributed by atoms with E-state index in [0.29, 0.717) is 0 Å². The van der Waals surface area contributed by atoms with Crippen LogP contribution in [0.3, 0.4) is 0 Å². The Bertz CT molecular complexity index is 55.2. The summed E-state index contributed by atoms with van der Waals surface area (Å²) in [6, 6.07) is 0. The van der Waals surface area contributed by atoms with Gasteiger partial charge in [-0.25, -0.2) is 0 Å². The van der Waals surface area contributed by atoms with E-state index in [1.165, 1.54) is 14.1 Å². The van der Waals surface area contributed by atoms with Crippen LogP contribution in [0.15, 0.2) is 4.99 Å². The number of nitrogens with zero attached hydrogens (tertiary/aromatic N) is 1. The molecule has 0 saturated heterocycles. The monoisotopic (exact) mass is 226 g/mol. The second kappa shape index (κ2) is 527. The fourth-order valence-corrected chi connectivity index (χ4v) is 0. The van der Waals surface area contributed by atoms with Gasteiger partial charge in [-0.3, -0.25) is 5.32 Å². The Kier molecular flexibility index (Phi) is 1300. The quantitative estimate of drug-likeness (QED) is 0.310. The zero-order valence-electron chi connectivity index (χ0n) is 10.2. The molecule has 0 aromatic carbocycles. The Balaban J connectivity index is -0.0000000168. The molecule has 0 saturated carbocycles. The van der Waals surface area contributed by atoms with E-state index in [1.54, 1.807) is 14.1 Å². The first-order valence-electron chi connectivity index (χ1n) is 3.67. The van der Waals surface area contributed by atoms with Crippen molar-refractivity contribution in [1.82, 2.24) is 5.32 Å². The lowest BCUT2D eigenvalue weighted by molar-refractivity contribution is -0.0987. The highest BCUT2D eigenvalue weighted by Gasteiger charge is 1.50. The number of nitrogens with one attached hydrogen (secondary N) is 1. The average molecular weight is 226 g/mol. The Morgan fingerprint density at radius 1 is 1.13 bits per heavy atom. The number of aliphatic imine (C=N–C) groups is 1. The third-order valence-electron chi connectivity index (χ3n) is 0.158. The number of carbonyl (C=O) groups excluding carboxylic acids is 2. The smallest absolute Gasteiger partial charge is 0.106 e. The van der Waals surface area contributed by atoms with E-state index in [1.807, 2.05) is 13.6 Å². The molecule has 0 aromatic rings. The van der Waals surface area contributed by atoms with Gasteiger partial charge in [0.15, 0.2) is 0 Å². The van der Waals surface area contributed by atoms with Gasteiger partial charge in [0.1, 0.15) is 13.6 Å². The molecule has 7 nitrogen and oxygen atoms in total. The molecule has 7 heteroatoms. The van der Waals surface area contributed by atoms with Crippen molar-refractivity contribution in [2.75, 3.05) is 34.9 Å². The average Bonchev–Trinajstić information content (AvgIpc) is 2.39. The van der Waals surface area contributed by atoms with Crippen molar-refractivity contribution in [2.45, 2.75) is 0 Å². The molecule has 0 unspecified atom stereocenters. The van der Waals surface area contributed by atoms with Crippen molar-refractivity contribution >= 4 is 20.3 Å². The molecule has 6 N–H and O–H groups in total. The van der Waals surface area contributed by atoms with Crippen LogP contribution >= 0.6 is 0 Å². The van der Waals surface area contributed by atoms with Crippen LogP contribution in [-0.2, 0) is 9.59 Å². The second-order valence-corrected chi connectivity index (χ2v) is 0.828. The minimum atomic E-state index is 0.0694. The Morgan fingerprint density at radius 3 is 1.20 bits per heavy atom. The van der Waals surface area contributed by atoms with Gasteiger partial charge in [0.05, 0.1) is 6.73 Å². The maximum atomic E-state index is 8.00. The lowest BCUT2D eigenvalue weighted by Gasteiger charge is -1.76. The number of aliphatic hydroxyl groups is 1. The Morgan fingerprint density at radius 2 is 1.20 bits per heavy atom. The summed E-state index contributed by atoms with van der Waals surface area (Å²) in [5.74, 6) is 0. The van der Waals surface area contributed by atoms with Gasteiger partial charge in [0.25, 0.3) is 0 Å². The highest BCUT2D eigenvalue weighted by atomic mass is 16.3. The molecule has 0 aliphatic heterocycles. The molecule has 0 fully saturated rings. The number of rotatable bonds is 1. The van der Waals surface area contributed by atoms with Crippen LogP contribution in [0.1, 0.15) is 0 Å². The summed E-state index contributed by atoms with van der Waals surface area (Å²) in [4.78, 5) is 19.2. The van der Waals surface area contributed by atoms with Crippen LogP contribution in [0.2, 0.25) is 0 Å². The van der Waals surface area contributed by atoms with E-state index in [0.717, 1.165) is 0 Å². The number of hydrogen-bond donors (Lipinski definition) is 4. The molecule has 15 heavy (non-hydrogen) atoms. The standard InChI is InChI=1S/C2H7NO.C2H5N.2CH5N.2CH2O/c1-3-2-4;1-3-2;4*1-2/h3-4H,2H2,1H3;1H2,2H3;2*2H2,1H3;2*1H2. The van der Waals surface area contributed by atoms with Gasteiger partial charge in [-0.1, -0.05) is 0 Å². The van der Waals surface area contributed by atoms with Crippen LogP contribution in [0.25, 0.3) is 0 Å². The number of aliphatic hydroxyl groups excluding tert-OH is 1. The van der Waals surface area contributed by atoms with E-state index in [-0.39, 0.29) is 6.73 Å². The normalized spacial score (nSPS) is 4.20. The van der Waals surface area contributed by atoms with E-state index < -0.39 is 0 Å². The first-order chi connectivity index (χ1) is 7.33.